The number of carbonyl (C=O) groups excluding carboxylic acids is 1. The zero-order valence-corrected chi connectivity index (χ0v) is 13.4. The third kappa shape index (κ3) is 4.91. The number of nitrogens with zero attached hydrogens (tertiary/aromatic N) is 2. The van der Waals surface area contributed by atoms with Gasteiger partial charge in [0.05, 0.1) is 12.2 Å². The number of carbonyl (C=O) groups is 1. The van der Waals surface area contributed by atoms with Crippen molar-refractivity contribution < 1.29 is 23.1 Å². The van der Waals surface area contributed by atoms with Crippen LogP contribution in [0.2, 0.25) is 0 Å². The van der Waals surface area contributed by atoms with Crippen LogP contribution in [-0.2, 0) is 6.18 Å². The third-order valence-electron chi connectivity index (χ3n) is 4.20. The summed E-state index contributed by atoms with van der Waals surface area (Å²) in [7, 11) is 0. The van der Waals surface area contributed by atoms with Gasteiger partial charge in [0, 0.05) is 18.8 Å². The fourth-order valence-corrected chi connectivity index (χ4v) is 2.94. The summed E-state index contributed by atoms with van der Waals surface area (Å²) >= 11 is 0. The first-order valence-electron chi connectivity index (χ1n) is 8.09. The summed E-state index contributed by atoms with van der Waals surface area (Å²) in [6.07, 6.45) is 0.108. The van der Waals surface area contributed by atoms with Gasteiger partial charge in [0.1, 0.15) is 5.69 Å². The van der Waals surface area contributed by atoms with Crippen LogP contribution in [0.15, 0.2) is 18.3 Å². The average Bonchev–Trinajstić information content (AvgIpc) is 3.01. The van der Waals surface area contributed by atoms with Crippen molar-refractivity contribution in [3.8, 4) is 0 Å². The van der Waals surface area contributed by atoms with Crippen LogP contribution in [0.3, 0.4) is 0 Å². The van der Waals surface area contributed by atoms with Gasteiger partial charge in [-0.25, -0.2) is 0 Å². The van der Waals surface area contributed by atoms with Crippen molar-refractivity contribution in [3.63, 3.8) is 0 Å². The lowest BCUT2D eigenvalue weighted by Crippen LogP contribution is -2.33. The summed E-state index contributed by atoms with van der Waals surface area (Å²) in [5.74, 6) is -0.808. The number of hydrogen-bond donors (Lipinski definition) is 2. The van der Waals surface area contributed by atoms with Crippen molar-refractivity contribution in [2.24, 2.45) is 0 Å². The minimum atomic E-state index is -4.60. The Balaban J connectivity index is 1.76. The zero-order valence-electron chi connectivity index (χ0n) is 13.4. The molecule has 1 unspecified atom stereocenters. The number of alkyl halides is 3. The summed E-state index contributed by atoms with van der Waals surface area (Å²) in [5, 5.41) is 11.7. The highest BCUT2D eigenvalue weighted by Crippen LogP contribution is 2.30. The van der Waals surface area contributed by atoms with E-state index in [-0.39, 0.29) is 12.6 Å². The Bertz CT molecular complexity index is 552. The van der Waals surface area contributed by atoms with Gasteiger partial charge in [-0.15, -0.1) is 0 Å². The van der Waals surface area contributed by atoms with E-state index in [1.165, 1.54) is 6.20 Å². The van der Waals surface area contributed by atoms with Crippen LogP contribution in [0.25, 0.3) is 0 Å². The van der Waals surface area contributed by atoms with E-state index in [1.807, 2.05) is 0 Å². The Hall–Kier alpha value is -1.67. The molecule has 0 aliphatic carbocycles. The predicted molar refractivity (Wildman–Crippen MR) is 82.5 cm³/mol. The minimum Gasteiger partial charge on any atom is -0.395 e. The number of hydrogen-bond acceptors (Lipinski definition) is 4. The van der Waals surface area contributed by atoms with E-state index in [0.29, 0.717) is 13.0 Å². The van der Waals surface area contributed by atoms with Crippen molar-refractivity contribution in [3.05, 3.63) is 29.6 Å². The molecule has 1 aliphatic heterocycles. The van der Waals surface area contributed by atoms with Gasteiger partial charge in [0.25, 0.3) is 5.91 Å². The topological polar surface area (TPSA) is 65.5 Å². The summed E-state index contributed by atoms with van der Waals surface area (Å²) in [4.78, 5) is 17.7. The molecule has 24 heavy (non-hydrogen) atoms. The normalized spacial score (nSPS) is 18.8. The van der Waals surface area contributed by atoms with Gasteiger partial charge in [-0.3, -0.25) is 14.7 Å². The van der Waals surface area contributed by atoms with Crippen LogP contribution in [0.5, 0.6) is 0 Å². The van der Waals surface area contributed by atoms with E-state index < -0.39 is 23.3 Å². The van der Waals surface area contributed by atoms with Gasteiger partial charge in [-0.2, -0.15) is 13.2 Å². The number of likely N-dealkylation sites (tertiary alicyclic amines) is 1. The first-order chi connectivity index (χ1) is 11.4. The van der Waals surface area contributed by atoms with Crippen LogP contribution < -0.4 is 5.32 Å². The van der Waals surface area contributed by atoms with Gasteiger partial charge in [-0.05, 0) is 50.9 Å². The number of nitrogens with one attached hydrogen (secondary N) is 1. The second kappa shape index (κ2) is 8.43. The number of aromatic nitrogens is 1. The molecule has 1 saturated heterocycles. The molecule has 1 aromatic rings. The predicted octanol–water partition coefficient (Wildman–Crippen LogP) is 2.07. The second-order valence-electron chi connectivity index (χ2n) is 5.87. The van der Waals surface area contributed by atoms with E-state index in [0.717, 1.165) is 44.5 Å². The Morgan fingerprint density at radius 1 is 1.42 bits per heavy atom. The lowest BCUT2D eigenvalue weighted by molar-refractivity contribution is -0.138. The second-order valence-corrected chi connectivity index (χ2v) is 5.87. The molecule has 8 heteroatoms. The molecule has 2 rings (SSSR count). The van der Waals surface area contributed by atoms with Crippen LogP contribution in [0.4, 0.5) is 13.2 Å². The minimum absolute atomic E-state index is 0.149. The molecule has 0 spiro atoms. The summed E-state index contributed by atoms with van der Waals surface area (Å²) < 4.78 is 38.5. The fraction of sp³-hybridized carbons (Fsp3) is 0.625. The van der Waals surface area contributed by atoms with E-state index in [9.17, 15) is 23.1 Å². The highest BCUT2D eigenvalue weighted by molar-refractivity contribution is 5.93. The molecule has 0 aromatic carbocycles. The van der Waals surface area contributed by atoms with Crippen LogP contribution in [0, 0.1) is 0 Å². The lowest BCUT2D eigenvalue weighted by Gasteiger charge is -2.22. The molecule has 1 aromatic heterocycles. The van der Waals surface area contributed by atoms with Crippen LogP contribution in [0.1, 0.15) is 41.7 Å². The standard InChI is InChI=1S/C16H22F3N3O2/c17-16(18,19)13-6-3-8-20-14(13)15(24)21-7-1-2-9-22-10-4-5-12(22)11-23/h3,6,8,12,23H,1-2,4-5,7,9-11H2,(H,21,24). The number of aliphatic hydroxyl groups excluding tert-OH is 1. The number of aliphatic hydroxyl groups is 1. The molecule has 0 bridgehead atoms. The van der Waals surface area contributed by atoms with Gasteiger partial charge >= 0.3 is 6.18 Å². The summed E-state index contributed by atoms with van der Waals surface area (Å²) in [6, 6.07) is 2.22. The monoisotopic (exact) mass is 345 g/mol. The summed E-state index contributed by atoms with van der Waals surface area (Å²) in [6.45, 7) is 2.22. The van der Waals surface area contributed by atoms with Gasteiger partial charge in [0.2, 0.25) is 0 Å². The zero-order chi connectivity index (χ0) is 17.6. The number of halogens is 3. The molecule has 2 N–H and O–H groups in total. The van der Waals surface area contributed by atoms with Crippen molar-refractivity contribution in [2.75, 3.05) is 26.2 Å². The van der Waals surface area contributed by atoms with E-state index in [2.05, 4.69) is 15.2 Å². The number of unbranched alkanes of at least 4 members (excludes halogenated alkanes) is 1. The first-order valence-corrected chi connectivity index (χ1v) is 8.09. The van der Waals surface area contributed by atoms with Gasteiger partial charge in [0.15, 0.2) is 0 Å². The number of pyridine rings is 1. The average molecular weight is 345 g/mol. The molecule has 1 aliphatic rings. The molecule has 0 saturated carbocycles. The van der Waals surface area contributed by atoms with Crippen molar-refractivity contribution in [1.29, 1.82) is 0 Å². The maximum atomic E-state index is 12.8. The number of amides is 1. The molecular weight excluding hydrogens is 323 g/mol. The largest absolute Gasteiger partial charge is 0.418 e. The third-order valence-corrected chi connectivity index (χ3v) is 4.20. The molecule has 134 valence electrons. The Kier molecular flexibility index (Phi) is 6.56. The fourth-order valence-electron chi connectivity index (χ4n) is 2.94. The van der Waals surface area contributed by atoms with Crippen molar-refractivity contribution in [1.82, 2.24) is 15.2 Å². The smallest absolute Gasteiger partial charge is 0.395 e. The molecule has 1 fully saturated rings. The SMILES string of the molecule is O=C(NCCCCN1CCCC1CO)c1ncccc1C(F)(F)F. The Morgan fingerprint density at radius 3 is 2.92 bits per heavy atom. The maximum absolute atomic E-state index is 12.8. The Labute approximate surface area is 138 Å². The number of rotatable bonds is 7. The highest BCUT2D eigenvalue weighted by atomic mass is 19.4. The molecular formula is C16H22F3N3O2. The highest BCUT2D eigenvalue weighted by Gasteiger charge is 2.35. The first kappa shape index (κ1) is 18.7. The van der Waals surface area contributed by atoms with Gasteiger partial charge in [-0.1, -0.05) is 0 Å². The maximum Gasteiger partial charge on any atom is 0.418 e. The molecule has 1 amide bonds. The van der Waals surface area contributed by atoms with Gasteiger partial charge < -0.3 is 10.4 Å². The molecule has 1 atom stereocenters. The van der Waals surface area contributed by atoms with E-state index in [4.69, 9.17) is 0 Å². The Morgan fingerprint density at radius 2 is 2.21 bits per heavy atom. The van der Waals surface area contributed by atoms with Crippen LogP contribution >= 0.6 is 0 Å². The molecule has 2 heterocycles. The molecule has 0 radical (unpaired) electrons. The lowest BCUT2D eigenvalue weighted by atomic mass is 10.1. The van der Waals surface area contributed by atoms with Crippen molar-refractivity contribution >= 4 is 5.91 Å². The van der Waals surface area contributed by atoms with E-state index in [1.54, 1.807) is 0 Å². The van der Waals surface area contributed by atoms with Crippen LogP contribution in [-0.4, -0.2) is 53.2 Å². The molecule has 5 nitrogen and oxygen atoms in total. The van der Waals surface area contributed by atoms with E-state index >= 15 is 0 Å². The summed E-state index contributed by atoms with van der Waals surface area (Å²) in [5.41, 5.74) is -1.62. The quantitative estimate of drug-likeness (QED) is 0.743. The van der Waals surface area contributed by atoms with Crippen molar-refractivity contribution in [2.45, 2.75) is 37.9 Å².